The Kier molecular flexibility index (Phi) is 4.48. The Balaban J connectivity index is 3.14. The van der Waals surface area contributed by atoms with Gasteiger partial charge in [0.2, 0.25) is 0 Å². The zero-order valence-electron chi connectivity index (χ0n) is 4.13. The molecule has 0 aliphatic heterocycles. The fourth-order valence-corrected chi connectivity index (χ4v) is 0.626. The predicted octanol–water partition coefficient (Wildman–Crippen LogP) is 1.84. The van der Waals surface area contributed by atoms with E-state index in [9.17, 15) is 0 Å². The summed E-state index contributed by atoms with van der Waals surface area (Å²) in [4.78, 5) is 0. The molecular formula is C4H9ClS2. The minimum Gasteiger partial charge on any atom is -0.175 e. The van der Waals surface area contributed by atoms with Crippen LogP contribution in [-0.2, 0) is 0 Å². The first-order valence-corrected chi connectivity index (χ1v) is 3.67. The molecule has 0 saturated carbocycles. The van der Waals surface area contributed by atoms with Gasteiger partial charge in [-0.15, -0.1) is 11.6 Å². The minimum atomic E-state index is 0.227. The molecule has 0 aliphatic carbocycles. The summed E-state index contributed by atoms with van der Waals surface area (Å²) in [6, 6.07) is 0. The van der Waals surface area contributed by atoms with Crippen molar-refractivity contribution in [2.75, 3.05) is 5.88 Å². The first-order valence-electron chi connectivity index (χ1n) is 2.10. The van der Waals surface area contributed by atoms with Crippen molar-refractivity contribution in [2.45, 2.75) is 17.4 Å². The van der Waals surface area contributed by atoms with Crippen LogP contribution in [0.25, 0.3) is 0 Å². The minimum absolute atomic E-state index is 0.227. The molecule has 7 heavy (non-hydrogen) atoms. The summed E-state index contributed by atoms with van der Waals surface area (Å²) in [5, 5.41) is 0.519. The van der Waals surface area contributed by atoms with Crippen molar-refractivity contribution in [1.82, 2.24) is 0 Å². The molecule has 0 aromatic rings. The highest BCUT2D eigenvalue weighted by molar-refractivity contribution is 7.85. The summed E-state index contributed by atoms with van der Waals surface area (Å²) in [6.07, 6.45) is 0. The van der Waals surface area contributed by atoms with Crippen LogP contribution in [0.2, 0.25) is 0 Å². The summed E-state index contributed by atoms with van der Waals surface area (Å²) in [5.74, 6) is 0.577. The number of alkyl halides is 1. The Morgan fingerprint density at radius 2 is 2.00 bits per heavy atom. The second-order valence-electron chi connectivity index (χ2n) is 1.46. The second-order valence-corrected chi connectivity index (χ2v) is 3.25. The van der Waals surface area contributed by atoms with Crippen molar-refractivity contribution in [3.05, 3.63) is 0 Å². The lowest BCUT2D eigenvalue weighted by Crippen LogP contribution is -2.11. The van der Waals surface area contributed by atoms with Gasteiger partial charge in [0.25, 0.3) is 0 Å². The van der Waals surface area contributed by atoms with Gasteiger partial charge in [-0.1, -0.05) is 6.92 Å². The normalized spacial score (nSPS) is 18.9. The summed E-state index contributed by atoms with van der Waals surface area (Å²) in [7, 11) is 0. The highest BCUT2D eigenvalue weighted by Gasteiger charge is 2.04. The van der Waals surface area contributed by atoms with Crippen molar-refractivity contribution in [1.29, 1.82) is 0 Å². The van der Waals surface area contributed by atoms with E-state index in [1.54, 1.807) is 0 Å². The summed E-state index contributed by atoms with van der Waals surface area (Å²) >= 11 is 13.7. The fraction of sp³-hybridized carbons (Fsp3) is 1.00. The molecule has 3 heteroatoms. The molecule has 2 unspecified atom stereocenters. The molecule has 0 bridgehead atoms. The average Bonchev–Trinajstić information content (AvgIpc) is 1.65. The van der Waals surface area contributed by atoms with Gasteiger partial charge in [-0.05, 0) is 0 Å². The van der Waals surface area contributed by atoms with Crippen molar-refractivity contribution in [2.24, 2.45) is 0 Å². The molecule has 2 atom stereocenters. The van der Waals surface area contributed by atoms with Gasteiger partial charge in [-0.2, -0.15) is 25.3 Å². The molecule has 0 saturated heterocycles. The van der Waals surface area contributed by atoms with Gasteiger partial charge in [0.05, 0.1) is 0 Å². The van der Waals surface area contributed by atoms with Crippen LogP contribution in [0.3, 0.4) is 0 Å². The third-order valence-electron chi connectivity index (χ3n) is 0.715. The van der Waals surface area contributed by atoms with Crippen molar-refractivity contribution < 1.29 is 0 Å². The van der Waals surface area contributed by atoms with E-state index in [0.717, 1.165) is 0 Å². The Morgan fingerprint density at radius 1 is 1.57 bits per heavy atom. The zero-order valence-corrected chi connectivity index (χ0v) is 6.68. The van der Waals surface area contributed by atoms with E-state index in [1.807, 2.05) is 6.92 Å². The molecule has 44 valence electrons. The third-order valence-corrected chi connectivity index (χ3v) is 2.49. The molecule has 0 heterocycles. The van der Waals surface area contributed by atoms with Crippen LogP contribution in [0, 0.1) is 0 Å². The van der Waals surface area contributed by atoms with E-state index in [4.69, 9.17) is 11.6 Å². The maximum absolute atomic E-state index is 5.42. The van der Waals surface area contributed by atoms with Crippen molar-refractivity contribution in [3.8, 4) is 0 Å². The van der Waals surface area contributed by atoms with Crippen LogP contribution in [0.15, 0.2) is 0 Å². The molecule has 0 spiro atoms. The lowest BCUT2D eigenvalue weighted by atomic mass is 10.4. The van der Waals surface area contributed by atoms with Crippen LogP contribution in [0.1, 0.15) is 6.92 Å². The smallest absolute Gasteiger partial charge is 0.0350 e. The SMILES string of the molecule is CC(S)C(S)CCl. The number of rotatable bonds is 2. The summed E-state index contributed by atoms with van der Waals surface area (Å²) in [5.41, 5.74) is 0. The standard InChI is InChI=1S/C4H9ClS2/c1-3(6)4(7)2-5/h3-4,6-7H,2H2,1H3. The first kappa shape index (κ1) is 7.99. The van der Waals surface area contributed by atoms with E-state index in [1.165, 1.54) is 0 Å². The molecule has 0 nitrogen and oxygen atoms in total. The molecule has 0 aliphatic rings. The molecule has 0 N–H and O–H groups in total. The molecule has 0 radical (unpaired) electrons. The van der Waals surface area contributed by atoms with Gasteiger partial charge < -0.3 is 0 Å². The number of halogens is 1. The monoisotopic (exact) mass is 156 g/mol. The topological polar surface area (TPSA) is 0 Å². The largest absolute Gasteiger partial charge is 0.175 e. The zero-order chi connectivity index (χ0) is 5.86. The van der Waals surface area contributed by atoms with E-state index in [0.29, 0.717) is 11.1 Å². The molecule has 0 fully saturated rings. The average molecular weight is 157 g/mol. The Hall–Kier alpha value is 0.990. The van der Waals surface area contributed by atoms with Gasteiger partial charge in [0, 0.05) is 16.4 Å². The Morgan fingerprint density at radius 3 is 2.00 bits per heavy atom. The summed E-state index contributed by atoms with van der Waals surface area (Å²) < 4.78 is 0. The molecule has 0 aromatic carbocycles. The highest BCUT2D eigenvalue weighted by Crippen LogP contribution is 2.08. The maximum atomic E-state index is 5.42. The van der Waals surface area contributed by atoms with Gasteiger partial charge in [0.1, 0.15) is 0 Å². The van der Waals surface area contributed by atoms with Crippen LogP contribution >= 0.6 is 36.9 Å². The van der Waals surface area contributed by atoms with Crippen molar-refractivity contribution in [3.63, 3.8) is 0 Å². The maximum Gasteiger partial charge on any atom is 0.0350 e. The van der Waals surface area contributed by atoms with E-state index in [2.05, 4.69) is 25.3 Å². The molecule has 0 aromatic heterocycles. The van der Waals surface area contributed by atoms with Crippen LogP contribution in [0.4, 0.5) is 0 Å². The fourth-order valence-electron chi connectivity index (χ4n) is 0.129. The Labute approximate surface area is 60.4 Å². The van der Waals surface area contributed by atoms with Gasteiger partial charge in [-0.3, -0.25) is 0 Å². The quantitative estimate of drug-likeness (QED) is 0.443. The number of hydrogen-bond acceptors (Lipinski definition) is 2. The lowest BCUT2D eigenvalue weighted by Gasteiger charge is -2.07. The highest BCUT2D eigenvalue weighted by atomic mass is 35.5. The van der Waals surface area contributed by atoms with Gasteiger partial charge >= 0.3 is 0 Å². The molecule has 0 amide bonds. The predicted molar refractivity (Wildman–Crippen MR) is 41.9 cm³/mol. The summed E-state index contributed by atoms with van der Waals surface area (Å²) in [6.45, 7) is 1.98. The second kappa shape index (κ2) is 3.93. The van der Waals surface area contributed by atoms with Crippen LogP contribution in [0.5, 0.6) is 0 Å². The third kappa shape index (κ3) is 3.56. The van der Waals surface area contributed by atoms with Gasteiger partial charge in [-0.25, -0.2) is 0 Å². The van der Waals surface area contributed by atoms with E-state index >= 15 is 0 Å². The Bertz CT molecular complexity index is 47.0. The van der Waals surface area contributed by atoms with Crippen molar-refractivity contribution >= 4 is 36.9 Å². The molecule has 0 rings (SSSR count). The van der Waals surface area contributed by atoms with Crippen LogP contribution < -0.4 is 0 Å². The first-order chi connectivity index (χ1) is 3.18. The number of hydrogen-bond donors (Lipinski definition) is 2. The van der Waals surface area contributed by atoms with Gasteiger partial charge in [0.15, 0.2) is 0 Å². The molecular weight excluding hydrogens is 148 g/mol. The van der Waals surface area contributed by atoms with E-state index in [-0.39, 0.29) is 5.25 Å². The van der Waals surface area contributed by atoms with E-state index < -0.39 is 0 Å². The lowest BCUT2D eigenvalue weighted by molar-refractivity contribution is 0.948. The van der Waals surface area contributed by atoms with Crippen LogP contribution in [-0.4, -0.2) is 16.4 Å². The number of thiol groups is 2.